The minimum atomic E-state index is -3.52. The van der Waals surface area contributed by atoms with Gasteiger partial charge in [-0.05, 0) is 0 Å². The first-order valence-corrected chi connectivity index (χ1v) is 17.9. The summed E-state index contributed by atoms with van der Waals surface area (Å²) in [5.74, 6) is 0. The van der Waals surface area contributed by atoms with E-state index in [-0.39, 0.29) is 0 Å². The predicted octanol–water partition coefficient (Wildman–Crippen LogP) is 6.11. The van der Waals surface area contributed by atoms with Crippen LogP contribution in [0.5, 0.6) is 0 Å². The Hall–Kier alpha value is -0.401. The van der Waals surface area contributed by atoms with Gasteiger partial charge in [0.15, 0.2) is 0 Å². The van der Waals surface area contributed by atoms with E-state index < -0.39 is 18.4 Å². The molecular weight excluding hydrogens is 727 g/mol. The van der Waals surface area contributed by atoms with Crippen molar-refractivity contribution in [3.05, 3.63) is 115 Å². The Labute approximate surface area is 209 Å². The number of hydrogen-bond acceptors (Lipinski definition) is 0. The van der Waals surface area contributed by atoms with Gasteiger partial charge in [0.1, 0.15) is 0 Å². The SMILES string of the molecule is Brc1cc[c]([Sn]([c]2ccc(Br)cc2)([c]2ccc(Br)cc2)[c]2ccc(Br)cc2)cc1. The van der Waals surface area contributed by atoms with E-state index in [1.807, 2.05) is 0 Å². The van der Waals surface area contributed by atoms with Gasteiger partial charge in [0.2, 0.25) is 0 Å². The molecule has 0 saturated heterocycles. The molecule has 4 aromatic rings. The van der Waals surface area contributed by atoms with Crippen molar-refractivity contribution in [2.45, 2.75) is 0 Å². The second kappa shape index (κ2) is 9.39. The van der Waals surface area contributed by atoms with Crippen LogP contribution in [-0.4, -0.2) is 18.4 Å². The summed E-state index contributed by atoms with van der Waals surface area (Å²) in [5.41, 5.74) is 0. The Morgan fingerprint density at radius 1 is 0.310 bits per heavy atom. The second-order valence-corrected chi connectivity index (χ2v) is 21.3. The number of benzene rings is 4. The van der Waals surface area contributed by atoms with Gasteiger partial charge in [-0.15, -0.1) is 0 Å². The summed E-state index contributed by atoms with van der Waals surface area (Å²) in [4.78, 5) is 0. The van der Waals surface area contributed by atoms with E-state index in [0.29, 0.717) is 0 Å². The molecule has 0 N–H and O–H groups in total. The second-order valence-electron chi connectivity index (χ2n) is 6.78. The number of halogens is 4. The van der Waals surface area contributed by atoms with Gasteiger partial charge in [-0.1, -0.05) is 0 Å². The molecule has 5 heteroatoms. The zero-order valence-electron chi connectivity index (χ0n) is 15.2. The molecule has 0 bridgehead atoms. The molecule has 0 aliphatic rings. The van der Waals surface area contributed by atoms with Crippen molar-refractivity contribution in [1.82, 2.24) is 0 Å². The van der Waals surface area contributed by atoms with E-state index in [9.17, 15) is 0 Å². The minimum absolute atomic E-state index is 1.10. The molecule has 0 saturated carbocycles. The van der Waals surface area contributed by atoms with Crippen molar-refractivity contribution in [2.24, 2.45) is 0 Å². The van der Waals surface area contributed by atoms with Crippen LogP contribution in [0.4, 0.5) is 0 Å². The quantitative estimate of drug-likeness (QED) is 0.222. The van der Waals surface area contributed by atoms with E-state index in [0.717, 1.165) is 17.9 Å². The monoisotopic (exact) mass is 740 g/mol. The van der Waals surface area contributed by atoms with Crippen molar-refractivity contribution < 1.29 is 0 Å². The van der Waals surface area contributed by atoms with Crippen LogP contribution >= 0.6 is 63.7 Å². The summed E-state index contributed by atoms with van der Waals surface area (Å²) in [6.07, 6.45) is 0. The van der Waals surface area contributed by atoms with Crippen molar-refractivity contribution >= 4 is 96.4 Å². The average molecular weight is 743 g/mol. The van der Waals surface area contributed by atoms with Crippen molar-refractivity contribution in [1.29, 1.82) is 0 Å². The van der Waals surface area contributed by atoms with E-state index in [4.69, 9.17) is 0 Å². The van der Waals surface area contributed by atoms with Crippen LogP contribution in [-0.2, 0) is 0 Å². The first-order valence-electron chi connectivity index (χ1n) is 9.04. The van der Waals surface area contributed by atoms with Crippen LogP contribution < -0.4 is 14.3 Å². The van der Waals surface area contributed by atoms with Gasteiger partial charge in [0, 0.05) is 0 Å². The molecule has 0 radical (unpaired) electrons. The molecule has 4 rings (SSSR count). The molecule has 0 nitrogen and oxygen atoms in total. The molecule has 0 fully saturated rings. The van der Waals surface area contributed by atoms with Gasteiger partial charge < -0.3 is 0 Å². The summed E-state index contributed by atoms with van der Waals surface area (Å²) in [7, 11) is 0. The third-order valence-electron chi connectivity index (χ3n) is 5.11. The zero-order chi connectivity index (χ0) is 20.4. The third-order valence-corrected chi connectivity index (χ3v) is 20.9. The van der Waals surface area contributed by atoms with Crippen molar-refractivity contribution in [3.63, 3.8) is 0 Å². The first kappa shape index (κ1) is 21.8. The Morgan fingerprint density at radius 3 is 0.655 bits per heavy atom. The van der Waals surface area contributed by atoms with Crippen LogP contribution in [0.1, 0.15) is 0 Å². The van der Waals surface area contributed by atoms with E-state index >= 15 is 0 Å². The van der Waals surface area contributed by atoms with Crippen LogP contribution in [0.2, 0.25) is 0 Å². The van der Waals surface area contributed by atoms with Crippen LogP contribution in [0.25, 0.3) is 0 Å². The maximum atomic E-state index is 3.61. The van der Waals surface area contributed by atoms with Gasteiger partial charge in [-0.2, -0.15) is 0 Å². The summed E-state index contributed by atoms with van der Waals surface area (Å²) in [5, 5.41) is 0. The van der Waals surface area contributed by atoms with Crippen LogP contribution in [0, 0.1) is 0 Å². The number of rotatable bonds is 4. The molecule has 0 unspecified atom stereocenters. The summed E-state index contributed by atoms with van der Waals surface area (Å²) >= 11 is 10.9. The van der Waals surface area contributed by atoms with Gasteiger partial charge in [0.05, 0.1) is 0 Å². The fourth-order valence-electron chi connectivity index (χ4n) is 3.80. The van der Waals surface area contributed by atoms with Gasteiger partial charge in [-0.3, -0.25) is 0 Å². The molecular formula is C24H16Br4Sn. The van der Waals surface area contributed by atoms with Gasteiger partial charge in [0.25, 0.3) is 0 Å². The van der Waals surface area contributed by atoms with Gasteiger partial charge in [-0.25, -0.2) is 0 Å². The standard InChI is InChI=1S/4C6H4Br.Sn/c4*7-6-4-2-1-3-5-6;/h4*2-5H;. The molecule has 0 heterocycles. The molecule has 0 spiro atoms. The van der Waals surface area contributed by atoms with Crippen molar-refractivity contribution in [2.75, 3.05) is 0 Å². The topological polar surface area (TPSA) is 0 Å². The molecule has 4 aromatic carbocycles. The zero-order valence-corrected chi connectivity index (χ0v) is 24.4. The van der Waals surface area contributed by atoms with E-state index in [2.05, 4.69) is 161 Å². The third kappa shape index (κ3) is 4.47. The van der Waals surface area contributed by atoms with E-state index in [1.54, 1.807) is 0 Å². The normalized spacial score (nSPS) is 11.4. The van der Waals surface area contributed by atoms with Crippen molar-refractivity contribution in [3.8, 4) is 0 Å². The number of hydrogen-bond donors (Lipinski definition) is 0. The average Bonchev–Trinajstić information content (AvgIpc) is 2.73. The molecule has 144 valence electrons. The van der Waals surface area contributed by atoms with E-state index in [1.165, 1.54) is 14.3 Å². The Balaban J connectivity index is 2.11. The summed E-state index contributed by atoms with van der Waals surface area (Å²) in [6, 6.07) is 35.7. The van der Waals surface area contributed by atoms with Gasteiger partial charge >= 0.3 is 211 Å². The molecule has 0 amide bonds. The summed E-state index contributed by atoms with van der Waals surface area (Å²) in [6.45, 7) is 0. The predicted molar refractivity (Wildman–Crippen MR) is 141 cm³/mol. The first-order chi connectivity index (χ1) is 14.0. The molecule has 0 atom stereocenters. The molecule has 0 aliphatic carbocycles. The molecule has 0 aromatic heterocycles. The fraction of sp³-hybridized carbons (Fsp3) is 0. The Kier molecular flexibility index (Phi) is 7.06. The Bertz CT molecular complexity index is 916. The van der Waals surface area contributed by atoms with Crippen LogP contribution in [0.3, 0.4) is 0 Å². The fourth-order valence-corrected chi connectivity index (χ4v) is 18.2. The Morgan fingerprint density at radius 2 is 0.483 bits per heavy atom. The molecule has 0 aliphatic heterocycles. The maximum absolute atomic E-state index is 3.61. The van der Waals surface area contributed by atoms with Crippen LogP contribution in [0.15, 0.2) is 115 Å². The summed E-state index contributed by atoms with van der Waals surface area (Å²) < 4.78 is 10.1. The molecule has 29 heavy (non-hydrogen) atoms.